The predicted molar refractivity (Wildman–Crippen MR) is 58.3 cm³/mol. The second-order valence-electron chi connectivity index (χ2n) is 4.81. The van der Waals surface area contributed by atoms with Crippen LogP contribution in [-0.4, -0.2) is 25.4 Å². The largest absolute Gasteiger partial charge is 0.416 e. The van der Waals surface area contributed by atoms with Gasteiger partial charge < -0.3 is 9.47 Å². The molecule has 0 aliphatic carbocycles. The Hall–Kier alpha value is -1.07. The maximum Gasteiger partial charge on any atom is 0.416 e. The first-order valence-electron chi connectivity index (χ1n) is 5.94. The van der Waals surface area contributed by atoms with Crippen LogP contribution in [0.4, 0.5) is 13.2 Å². The number of rotatable bonds is 4. The molecule has 2 atom stereocenters. The topological polar surface area (TPSA) is 25.1 Å². The van der Waals surface area contributed by atoms with Crippen molar-refractivity contribution in [1.29, 1.82) is 0 Å². The van der Waals surface area contributed by atoms with Crippen molar-refractivity contribution in [3.05, 3.63) is 34.9 Å². The fourth-order valence-corrected chi connectivity index (χ4v) is 2.07. The smallest absolute Gasteiger partial charge is 0.373 e. The number of halogens is 3. The SMILES string of the molecule is FC(F)(F)c1cc(CC2CO2)ccc1CC1CO1. The summed E-state index contributed by atoms with van der Waals surface area (Å²) in [5.74, 6) is 0. The Balaban J connectivity index is 1.86. The van der Waals surface area contributed by atoms with Crippen molar-refractivity contribution in [1.82, 2.24) is 0 Å². The van der Waals surface area contributed by atoms with Gasteiger partial charge in [0.05, 0.1) is 31.0 Å². The van der Waals surface area contributed by atoms with Gasteiger partial charge in [-0.05, 0) is 17.2 Å². The summed E-state index contributed by atoms with van der Waals surface area (Å²) < 4.78 is 49.0. The molecular weight excluding hydrogens is 245 g/mol. The molecule has 1 aromatic rings. The second kappa shape index (κ2) is 4.24. The molecule has 2 saturated heterocycles. The third kappa shape index (κ3) is 2.84. The molecule has 5 heteroatoms. The van der Waals surface area contributed by atoms with E-state index in [1.807, 2.05) is 0 Å². The number of epoxide rings is 2. The van der Waals surface area contributed by atoms with E-state index in [0.717, 1.165) is 0 Å². The molecule has 2 aliphatic rings. The van der Waals surface area contributed by atoms with Crippen LogP contribution in [0.1, 0.15) is 16.7 Å². The molecule has 0 bridgehead atoms. The maximum atomic E-state index is 13.0. The minimum absolute atomic E-state index is 0.0382. The summed E-state index contributed by atoms with van der Waals surface area (Å²) in [6.07, 6.45) is -3.34. The van der Waals surface area contributed by atoms with Gasteiger partial charge in [0.1, 0.15) is 0 Å². The molecule has 2 unspecified atom stereocenters. The van der Waals surface area contributed by atoms with Crippen LogP contribution in [0.15, 0.2) is 18.2 Å². The molecule has 2 nitrogen and oxygen atoms in total. The highest BCUT2D eigenvalue weighted by molar-refractivity contribution is 5.35. The first-order valence-corrected chi connectivity index (χ1v) is 5.94. The summed E-state index contributed by atoms with van der Waals surface area (Å²) in [4.78, 5) is 0. The Morgan fingerprint density at radius 1 is 1.06 bits per heavy atom. The van der Waals surface area contributed by atoms with Gasteiger partial charge in [-0.25, -0.2) is 0 Å². The molecule has 0 N–H and O–H groups in total. The Morgan fingerprint density at radius 3 is 2.22 bits per heavy atom. The quantitative estimate of drug-likeness (QED) is 0.775. The average molecular weight is 258 g/mol. The van der Waals surface area contributed by atoms with Crippen molar-refractivity contribution in [3.63, 3.8) is 0 Å². The highest BCUT2D eigenvalue weighted by Gasteiger charge is 2.36. The van der Waals surface area contributed by atoms with Crippen LogP contribution in [0.25, 0.3) is 0 Å². The van der Waals surface area contributed by atoms with Crippen LogP contribution < -0.4 is 0 Å². The molecule has 1 aromatic carbocycles. The lowest BCUT2D eigenvalue weighted by Crippen LogP contribution is -2.12. The minimum Gasteiger partial charge on any atom is -0.373 e. The Bertz CT molecular complexity index is 448. The Morgan fingerprint density at radius 2 is 1.67 bits per heavy atom. The van der Waals surface area contributed by atoms with Gasteiger partial charge >= 0.3 is 6.18 Å². The maximum absolute atomic E-state index is 13.0. The van der Waals surface area contributed by atoms with E-state index in [0.29, 0.717) is 37.2 Å². The lowest BCUT2D eigenvalue weighted by Gasteiger charge is -2.13. The Kier molecular flexibility index (Phi) is 2.83. The van der Waals surface area contributed by atoms with Gasteiger partial charge in [0.2, 0.25) is 0 Å². The fraction of sp³-hybridized carbons (Fsp3) is 0.538. The Labute approximate surface area is 103 Å². The van der Waals surface area contributed by atoms with E-state index in [2.05, 4.69) is 0 Å². The normalized spacial score (nSPS) is 26.2. The molecule has 98 valence electrons. The average Bonchev–Trinajstić information content (AvgIpc) is 3.13. The number of benzene rings is 1. The van der Waals surface area contributed by atoms with Crippen LogP contribution >= 0.6 is 0 Å². The van der Waals surface area contributed by atoms with E-state index in [-0.39, 0.29) is 12.2 Å². The van der Waals surface area contributed by atoms with E-state index in [1.54, 1.807) is 12.1 Å². The first-order chi connectivity index (χ1) is 8.52. The van der Waals surface area contributed by atoms with Crippen LogP contribution in [0.2, 0.25) is 0 Å². The highest BCUT2D eigenvalue weighted by Crippen LogP contribution is 2.35. The van der Waals surface area contributed by atoms with Gasteiger partial charge in [0.15, 0.2) is 0 Å². The van der Waals surface area contributed by atoms with Gasteiger partial charge in [-0.2, -0.15) is 13.2 Å². The zero-order valence-electron chi connectivity index (χ0n) is 9.67. The summed E-state index contributed by atoms with van der Waals surface area (Å²) in [5.41, 5.74) is 0.479. The summed E-state index contributed by atoms with van der Waals surface area (Å²) in [5, 5.41) is 0. The van der Waals surface area contributed by atoms with Crippen LogP contribution in [0.5, 0.6) is 0 Å². The van der Waals surface area contributed by atoms with Crippen molar-refractivity contribution in [2.75, 3.05) is 13.2 Å². The third-order valence-electron chi connectivity index (χ3n) is 3.20. The molecule has 0 saturated carbocycles. The van der Waals surface area contributed by atoms with Crippen molar-refractivity contribution in [3.8, 4) is 0 Å². The van der Waals surface area contributed by atoms with E-state index in [9.17, 15) is 13.2 Å². The van der Waals surface area contributed by atoms with Crippen molar-refractivity contribution in [2.24, 2.45) is 0 Å². The van der Waals surface area contributed by atoms with Crippen LogP contribution in [0.3, 0.4) is 0 Å². The van der Waals surface area contributed by atoms with Crippen molar-refractivity contribution in [2.45, 2.75) is 31.2 Å². The molecule has 2 fully saturated rings. The van der Waals surface area contributed by atoms with Gasteiger partial charge in [0, 0.05) is 12.8 Å². The second-order valence-corrected chi connectivity index (χ2v) is 4.81. The minimum atomic E-state index is -4.30. The number of ether oxygens (including phenoxy) is 2. The molecule has 3 rings (SSSR count). The zero-order valence-corrected chi connectivity index (χ0v) is 9.67. The number of alkyl halides is 3. The first kappa shape index (κ1) is 12.0. The van der Waals surface area contributed by atoms with E-state index < -0.39 is 11.7 Å². The van der Waals surface area contributed by atoms with Crippen LogP contribution in [-0.2, 0) is 28.5 Å². The monoisotopic (exact) mass is 258 g/mol. The molecule has 0 aromatic heterocycles. The summed E-state index contributed by atoms with van der Waals surface area (Å²) >= 11 is 0. The zero-order chi connectivity index (χ0) is 12.8. The molecule has 0 spiro atoms. The molecule has 0 amide bonds. The number of hydrogen-bond acceptors (Lipinski definition) is 2. The lowest BCUT2D eigenvalue weighted by atomic mass is 9.98. The van der Waals surface area contributed by atoms with Gasteiger partial charge in [0.25, 0.3) is 0 Å². The lowest BCUT2D eigenvalue weighted by molar-refractivity contribution is -0.138. The van der Waals surface area contributed by atoms with E-state index in [1.165, 1.54) is 6.07 Å². The third-order valence-corrected chi connectivity index (χ3v) is 3.20. The fourth-order valence-electron chi connectivity index (χ4n) is 2.07. The number of hydrogen-bond donors (Lipinski definition) is 0. The van der Waals surface area contributed by atoms with Crippen molar-refractivity contribution < 1.29 is 22.6 Å². The summed E-state index contributed by atoms with van der Waals surface area (Å²) in [7, 11) is 0. The van der Waals surface area contributed by atoms with Gasteiger partial charge in [-0.3, -0.25) is 0 Å². The summed E-state index contributed by atoms with van der Waals surface area (Å²) in [6, 6.07) is 4.58. The van der Waals surface area contributed by atoms with E-state index in [4.69, 9.17) is 9.47 Å². The van der Waals surface area contributed by atoms with Gasteiger partial charge in [-0.1, -0.05) is 12.1 Å². The standard InChI is InChI=1S/C13H13F3O2/c14-13(15,16)12-4-8(3-10-6-17-10)1-2-9(12)5-11-7-18-11/h1-2,4,10-11H,3,5-7H2. The van der Waals surface area contributed by atoms with E-state index >= 15 is 0 Å². The molecule has 2 heterocycles. The van der Waals surface area contributed by atoms with Gasteiger partial charge in [-0.15, -0.1) is 0 Å². The molecular formula is C13H13F3O2. The molecule has 2 aliphatic heterocycles. The van der Waals surface area contributed by atoms with Crippen LogP contribution in [0, 0.1) is 0 Å². The predicted octanol–water partition coefficient (Wildman–Crippen LogP) is 2.59. The molecule has 0 radical (unpaired) electrons. The van der Waals surface area contributed by atoms with Crippen molar-refractivity contribution >= 4 is 0 Å². The molecule has 18 heavy (non-hydrogen) atoms. The highest BCUT2D eigenvalue weighted by atomic mass is 19.4. The summed E-state index contributed by atoms with van der Waals surface area (Å²) in [6.45, 7) is 1.22.